The minimum absolute atomic E-state index is 0.123. The molecule has 1 atom stereocenters. The first-order valence-corrected chi connectivity index (χ1v) is 11.3. The number of ether oxygens (including phenoxy) is 1. The summed E-state index contributed by atoms with van der Waals surface area (Å²) in [5, 5.41) is 10.3. The molecule has 2 aromatic rings. The van der Waals surface area contributed by atoms with Crippen LogP contribution in [0.1, 0.15) is 12.5 Å². The van der Waals surface area contributed by atoms with E-state index in [1.807, 2.05) is 6.07 Å². The van der Waals surface area contributed by atoms with Crippen LogP contribution >= 0.6 is 50.9 Å². The molecule has 0 aliphatic carbocycles. The number of halogens is 3. The van der Waals surface area contributed by atoms with Gasteiger partial charge in [0.15, 0.2) is 5.57 Å². The molecule has 1 saturated heterocycles. The third-order valence-electron chi connectivity index (χ3n) is 4.26. The minimum Gasteiger partial charge on any atom is -0.462 e. The van der Waals surface area contributed by atoms with E-state index in [4.69, 9.17) is 27.9 Å². The molecule has 1 aliphatic rings. The summed E-state index contributed by atoms with van der Waals surface area (Å²) < 4.78 is 5.86. The summed E-state index contributed by atoms with van der Waals surface area (Å²) in [6.45, 7) is 1.78. The number of benzene rings is 2. The van der Waals surface area contributed by atoms with Gasteiger partial charge in [0.1, 0.15) is 11.1 Å². The van der Waals surface area contributed by atoms with Crippen LogP contribution in [0.3, 0.4) is 0 Å². The quantitative estimate of drug-likeness (QED) is 0.282. The molecule has 5 nitrogen and oxygen atoms in total. The Kier molecular flexibility index (Phi) is 7.48. The maximum Gasteiger partial charge on any atom is 0.351 e. The number of thioether (sulfide) groups is 1. The maximum atomic E-state index is 13.3. The average Bonchev–Trinajstić information content (AvgIpc) is 3.01. The second-order valence-corrected chi connectivity index (χ2v) is 9.16. The van der Waals surface area contributed by atoms with Crippen LogP contribution in [0.15, 0.2) is 57.5 Å². The van der Waals surface area contributed by atoms with Crippen molar-refractivity contribution in [2.45, 2.75) is 18.6 Å². The van der Waals surface area contributed by atoms with Crippen LogP contribution in [0.2, 0.25) is 10.0 Å². The molecule has 0 saturated carbocycles. The van der Waals surface area contributed by atoms with Crippen LogP contribution in [0.25, 0.3) is 0 Å². The predicted molar refractivity (Wildman–Crippen MR) is 122 cm³/mol. The molecule has 0 spiro atoms. The summed E-state index contributed by atoms with van der Waals surface area (Å²) in [6, 6.07) is 14.0. The fourth-order valence-corrected chi connectivity index (χ4v) is 4.92. The standard InChI is InChI=1S/C21H15BrCl2N2O3S/c1-2-29-21(28)16(11-25)20-26(15-7-4-13(22)5-8-15)19(27)18(30-20)9-12-3-6-14(23)10-17(12)24/h3-8,10,18H,2,9H2,1H3/b20-16-/t18-/m1/s1. The van der Waals surface area contributed by atoms with E-state index in [-0.39, 0.29) is 23.1 Å². The van der Waals surface area contributed by atoms with Crippen molar-refractivity contribution in [3.05, 3.63) is 73.1 Å². The molecule has 3 rings (SSSR count). The van der Waals surface area contributed by atoms with Gasteiger partial charge in [-0.1, -0.05) is 57.0 Å². The largest absolute Gasteiger partial charge is 0.462 e. The SMILES string of the molecule is CCOC(=O)/C(C#N)=C1\S[C@H](Cc2ccc(Cl)cc2Cl)C(=O)N1c1ccc(Br)cc1. The third kappa shape index (κ3) is 4.84. The van der Waals surface area contributed by atoms with Gasteiger partial charge in [-0.15, -0.1) is 0 Å². The van der Waals surface area contributed by atoms with Crippen molar-refractivity contribution in [3.8, 4) is 6.07 Å². The molecular weight excluding hydrogens is 511 g/mol. The molecule has 1 heterocycles. The number of anilines is 1. The molecule has 1 fully saturated rings. The lowest BCUT2D eigenvalue weighted by molar-refractivity contribution is -0.138. The molecule has 0 aromatic heterocycles. The second kappa shape index (κ2) is 9.88. The highest BCUT2D eigenvalue weighted by molar-refractivity contribution is 9.10. The Morgan fingerprint density at radius 3 is 2.57 bits per heavy atom. The molecule has 0 bridgehead atoms. The lowest BCUT2D eigenvalue weighted by atomic mass is 10.1. The number of amides is 1. The molecule has 0 unspecified atom stereocenters. The Labute approximate surface area is 196 Å². The monoisotopic (exact) mass is 524 g/mol. The van der Waals surface area contributed by atoms with E-state index in [2.05, 4.69) is 15.9 Å². The first-order valence-electron chi connectivity index (χ1n) is 8.87. The van der Waals surface area contributed by atoms with E-state index in [0.717, 1.165) is 21.8 Å². The number of rotatable bonds is 5. The van der Waals surface area contributed by atoms with Crippen molar-refractivity contribution in [1.82, 2.24) is 0 Å². The van der Waals surface area contributed by atoms with E-state index in [0.29, 0.717) is 22.2 Å². The summed E-state index contributed by atoms with van der Waals surface area (Å²) in [5.74, 6) is -1.01. The zero-order valence-corrected chi connectivity index (χ0v) is 19.6. The van der Waals surface area contributed by atoms with Gasteiger partial charge >= 0.3 is 5.97 Å². The van der Waals surface area contributed by atoms with E-state index in [1.54, 1.807) is 49.4 Å². The summed E-state index contributed by atoms with van der Waals surface area (Å²) in [7, 11) is 0. The van der Waals surface area contributed by atoms with E-state index in [1.165, 1.54) is 4.90 Å². The van der Waals surface area contributed by atoms with Gasteiger partial charge in [0.2, 0.25) is 5.91 Å². The minimum atomic E-state index is -0.761. The molecule has 9 heteroatoms. The Hall–Kier alpha value is -1.98. The molecule has 1 aliphatic heterocycles. The number of carbonyl (C=O) groups is 2. The molecule has 154 valence electrons. The Morgan fingerprint density at radius 2 is 1.97 bits per heavy atom. The van der Waals surface area contributed by atoms with Crippen LogP contribution in [0.4, 0.5) is 5.69 Å². The van der Waals surface area contributed by atoms with E-state index >= 15 is 0 Å². The molecule has 30 heavy (non-hydrogen) atoms. The number of carbonyl (C=O) groups excluding carboxylic acids is 2. The summed E-state index contributed by atoms with van der Waals surface area (Å²) >= 11 is 16.8. The van der Waals surface area contributed by atoms with Crippen LogP contribution in [-0.4, -0.2) is 23.7 Å². The van der Waals surface area contributed by atoms with Gasteiger partial charge in [-0.2, -0.15) is 5.26 Å². The zero-order chi connectivity index (χ0) is 21.8. The van der Waals surface area contributed by atoms with Crippen molar-refractivity contribution in [1.29, 1.82) is 5.26 Å². The van der Waals surface area contributed by atoms with Crippen molar-refractivity contribution in [2.75, 3.05) is 11.5 Å². The van der Waals surface area contributed by atoms with Gasteiger partial charge in [-0.25, -0.2) is 4.79 Å². The van der Waals surface area contributed by atoms with Gasteiger partial charge in [0.25, 0.3) is 0 Å². The lowest BCUT2D eigenvalue weighted by Gasteiger charge is -2.18. The molecule has 2 aromatic carbocycles. The van der Waals surface area contributed by atoms with Crippen LogP contribution in [-0.2, 0) is 20.7 Å². The number of hydrogen-bond acceptors (Lipinski definition) is 5. The zero-order valence-electron chi connectivity index (χ0n) is 15.7. The summed E-state index contributed by atoms with van der Waals surface area (Å²) in [5.41, 5.74) is 1.09. The van der Waals surface area contributed by atoms with E-state index < -0.39 is 11.2 Å². The highest BCUT2D eigenvalue weighted by Gasteiger charge is 2.41. The van der Waals surface area contributed by atoms with Crippen LogP contribution in [0.5, 0.6) is 0 Å². The predicted octanol–water partition coefficient (Wildman–Crippen LogP) is 5.75. The first-order chi connectivity index (χ1) is 14.3. The van der Waals surface area contributed by atoms with Crippen molar-refractivity contribution >= 4 is 68.5 Å². The number of nitrogens with zero attached hydrogens (tertiary/aromatic N) is 2. The lowest BCUT2D eigenvalue weighted by Crippen LogP contribution is -2.30. The number of nitriles is 1. The molecule has 1 amide bonds. The van der Waals surface area contributed by atoms with Gasteiger partial charge in [0, 0.05) is 20.2 Å². The number of esters is 1. The summed E-state index contributed by atoms with van der Waals surface area (Å²) in [4.78, 5) is 27.1. The fraction of sp³-hybridized carbons (Fsp3) is 0.190. The maximum absolute atomic E-state index is 13.3. The van der Waals surface area contributed by atoms with Gasteiger partial charge in [-0.3, -0.25) is 9.69 Å². The van der Waals surface area contributed by atoms with Gasteiger partial charge < -0.3 is 4.74 Å². The number of hydrogen-bond donors (Lipinski definition) is 0. The average molecular weight is 526 g/mol. The third-order valence-corrected chi connectivity index (χ3v) is 6.64. The van der Waals surface area contributed by atoms with Gasteiger partial charge in [-0.05, 0) is 55.3 Å². The normalized spacial score (nSPS) is 17.6. The van der Waals surface area contributed by atoms with Crippen molar-refractivity contribution in [3.63, 3.8) is 0 Å². The Balaban J connectivity index is 2.04. The fourth-order valence-electron chi connectivity index (χ4n) is 2.89. The molecule has 0 radical (unpaired) electrons. The Bertz CT molecular complexity index is 1070. The van der Waals surface area contributed by atoms with Crippen molar-refractivity contribution in [2.24, 2.45) is 0 Å². The van der Waals surface area contributed by atoms with Crippen LogP contribution in [0, 0.1) is 11.3 Å². The molecular formula is C21H15BrCl2N2O3S. The van der Waals surface area contributed by atoms with Crippen LogP contribution < -0.4 is 4.90 Å². The highest BCUT2D eigenvalue weighted by atomic mass is 79.9. The van der Waals surface area contributed by atoms with Gasteiger partial charge in [0.05, 0.1) is 11.9 Å². The smallest absolute Gasteiger partial charge is 0.351 e. The molecule has 0 N–H and O–H groups in total. The topological polar surface area (TPSA) is 70.4 Å². The second-order valence-electron chi connectivity index (χ2n) is 6.21. The Morgan fingerprint density at radius 1 is 1.27 bits per heavy atom. The van der Waals surface area contributed by atoms with Crippen molar-refractivity contribution < 1.29 is 14.3 Å². The highest BCUT2D eigenvalue weighted by Crippen LogP contribution is 2.42. The summed E-state index contributed by atoms with van der Waals surface area (Å²) in [6.07, 6.45) is 0.317. The van der Waals surface area contributed by atoms with E-state index in [9.17, 15) is 14.9 Å². The first kappa shape index (κ1) is 22.7.